The van der Waals surface area contributed by atoms with E-state index in [9.17, 15) is 0 Å². The van der Waals surface area contributed by atoms with Gasteiger partial charge in [-0.2, -0.15) is 0 Å². The summed E-state index contributed by atoms with van der Waals surface area (Å²) in [5.41, 5.74) is 21.1. The Kier molecular flexibility index (Phi) is 12.6. The highest BCUT2D eigenvalue weighted by Gasteiger charge is 2.20. The zero-order chi connectivity index (χ0) is 37.8. The molecule has 2 aliphatic heterocycles. The van der Waals surface area contributed by atoms with Gasteiger partial charge in [-0.05, 0) is 116 Å². The van der Waals surface area contributed by atoms with Crippen molar-refractivity contribution >= 4 is 52.1 Å². The molecule has 0 aliphatic carbocycles. The third-order valence-electron chi connectivity index (χ3n) is 10.7. The maximum atomic E-state index is 5.46. The van der Waals surface area contributed by atoms with Gasteiger partial charge in [0.2, 0.25) is 0 Å². The molecule has 59 heavy (non-hydrogen) atoms. The molecule has 0 unspecified atom stereocenters. The number of benzene rings is 4. The highest BCUT2D eigenvalue weighted by Crippen LogP contribution is 2.39. The zero-order valence-electron chi connectivity index (χ0n) is 32.2. The summed E-state index contributed by atoms with van der Waals surface area (Å²) in [4.78, 5) is 18.6. The number of hydrogen-bond donors (Lipinski definition) is 2. The number of fused-ring (bicyclic) bond motifs is 8. The lowest BCUT2D eigenvalue weighted by Gasteiger charge is -2.23. The molecule has 300 valence electrons. The molecule has 5 heterocycles. The minimum atomic E-state index is 0. The number of aromatic amines is 2. The monoisotopic (exact) mass is 778 g/mol. The molecule has 2 aliphatic rings. The number of rotatable bonds is 5. The lowest BCUT2D eigenvalue weighted by Crippen LogP contribution is -2.34. The molecule has 5 nitrogen and oxygen atoms in total. The van der Waals surface area contributed by atoms with Crippen LogP contribution in [0.5, 0.6) is 0 Å². The molecular weight excluding hydrogens is 719 g/mol. The fraction of sp³-hybridized carbons (Fsp3) is 0.185. The summed E-state index contributed by atoms with van der Waals surface area (Å²) in [6.45, 7) is 6.38. The highest BCUT2D eigenvalue weighted by atomic mass is 15.3. The van der Waals surface area contributed by atoms with Gasteiger partial charge in [-0.15, -0.1) is 0 Å². The van der Waals surface area contributed by atoms with Gasteiger partial charge in [0.05, 0.1) is 43.9 Å². The van der Waals surface area contributed by atoms with E-state index < -0.39 is 0 Å². The molecule has 0 fully saturated rings. The average molecular weight is 779 g/mol. The van der Waals surface area contributed by atoms with E-state index in [-0.39, 0.29) is 29.7 Å². The van der Waals surface area contributed by atoms with Crippen molar-refractivity contribution in [1.29, 1.82) is 0 Å². The Morgan fingerprint density at radius 2 is 0.576 bits per heavy atom. The number of quaternary nitrogens is 1. The van der Waals surface area contributed by atoms with E-state index in [1.54, 1.807) is 0 Å². The Balaban J connectivity index is 0.00000165. The van der Waals surface area contributed by atoms with Crippen LogP contribution in [0.25, 0.3) is 90.9 Å². The first-order chi connectivity index (χ1) is 26.6. The number of aromatic nitrogens is 4. The molecule has 2 N–H and O–H groups in total. The summed E-state index contributed by atoms with van der Waals surface area (Å²) in [6.07, 6.45) is 8.63. The Hall–Kier alpha value is -6.56. The van der Waals surface area contributed by atoms with E-state index >= 15 is 0 Å². The van der Waals surface area contributed by atoms with Crippen molar-refractivity contribution in [2.75, 3.05) is 21.1 Å². The predicted molar refractivity (Wildman–Crippen MR) is 261 cm³/mol. The van der Waals surface area contributed by atoms with Crippen molar-refractivity contribution in [2.45, 2.75) is 50.5 Å². The second kappa shape index (κ2) is 17.1. The molecule has 4 aromatic carbocycles. The number of H-pyrrole nitrogens is 2. The smallest absolute Gasteiger partial charge is 0.132 e. The predicted octanol–water partition coefficient (Wildman–Crippen LogP) is 15.0. The van der Waals surface area contributed by atoms with Crippen LogP contribution in [0.15, 0.2) is 121 Å². The van der Waals surface area contributed by atoms with Crippen LogP contribution in [-0.2, 0) is 0 Å². The first-order valence-electron chi connectivity index (χ1n) is 18.9. The Morgan fingerprint density at radius 1 is 0.339 bits per heavy atom. The lowest BCUT2D eigenvalue weighted by molar-refractivity contribution is 0.486. The minimum Gasteiger partial charge on any atom is -0.354 e. The maximum Gasteiger partial charge on any atom is 0.132 e. The van der Waals surface area contributed by atoms with Crippen molar-refractivity contribution in [1.82, 2.24) is 24.4 Å². The number of nitrogens with zero attached hydrogens (tertiary/aromatic N) is 3. The van der Waals surface area contributed by atoms with E-state index in [4.69, 9.17) is 9.97 Å². The van der Waals surface area contributed by atoms with E-state index in [1.165, 1.54) is 22.4 Å². The molecule has 0 amide bonds. The molecule has 7 aromatic rings. The fourth-order valence-corrected chi connectivity index (χ4v) is 7.66. The van der Waals surface area contributed by atoms with Gasteiger partial charge in [-0.3, -0.25) is 4.48 Å². The van der Waals surface area contributed by atoms with Crippen molar-refractivity contribution < 1.29 is 0 Å². The number of aryl methyl sites for hydroxylation is 3. The average Bonchev–Trinajstić information content (AvgIpc) is 4.01. The third-order valence-corrected chi connectivity index (χ3v) is 10.7. The zero-order valence-corrected chi connectivity index (χ0v) is 32.2. The van der Waals surface area contributed by atoms with Crippen molar-refractivity contribution in [2.24, 2.45) is 0 Å². The minimum absolute atomic E-state index is 0. The van der Waals surface area contributed by atoms with Crippen molar-refractivity contribution in [3.05, 3.63) is 161 Å². The summed E-state index contributed by atoms with van der Waals surface area (Å²) >= 11 is 0. The van der Waals surface area contributed by atoms with Crippen molar-refractivity contribution in [3.63, 3.8) is 0 Å². The molecule has 9 rings (SSSR count). The van der Waals surface area contributed by atoms with Gasteiger partial charge >= 0.3 is 0 Å². The third kappa shape index (κ3) is 8.25. The van der Waals surface area contributed by atoms with E-state index in [0.717, 1.165) is 93.8 Å². The first-order valence-corrected chi connectivity index (χ1v) is 18.9. The normalized spacial score (nSPS) is 11.6. The SMILES string of the molecule is C.C.C.C.Cc1ccc(-c2c3nc(c(-c4ccc(C)cc4)c4ccc([nH]4)c(-c4ccc([N+](C)(C)C)cc4)c4nc(c(-c5ccc(C)cc5)c5ccc2[nH]5)C=C4)C=C3)cc1. The molecule has 0 saturated heterocycles. The lowest BCUT2D eigenvalue weighted by atomic mass is 10.0. The van der Waals surface area contributed by atoms with Crippen LogP contribution in [0.3, 0.4) is 0 Å². The van der Waals surface area contributed by atoms with Crippen LogP contribution in [-0.4, -0.2) is 41.1 Å². The highest BCUT2D eigenvalue weighted by molar-refractivity contribution is 5.99. The van der Waals surface area contributed by atoms with Crippen molar-refractivity contribution in [3.8, 4) is 44.5 Å². The quantitative estimate of drug-likeness (QED) is 0.171. The van der Waals surface area contributed by atoms with Crippen LogP contribution >= 0.6 is 0 Å². The van der Waals surface area contributed by atoms with Gasteiger partial charge in [-0.25, -0.2) is 9.97 Å². The summed E-state index contributed by atoms with van der Waals surface area (Å²) in [5.74, 6) is 0. The maximum absolute atomic E-state index is 5.46. The molecule has 5 heteroatoms. The number of nitrogens with one attached hydrogen (secondary N) is 2. The van der Waals surface area contributed by atoms with Gasteiger partial charge in [-0.1, -0.05) is 119 Å². The summed E-state index contributed by atoms with van der Waals surface area (Å²) in [7, 11) is 6.58. The largest absolute Gasteiger partial charge is 0.354 e. The second-order valence-corrected chi connectivity index (χ2v) is 15.7. The molecule has 3 aromatic heterocycles. The molecular formula is C54H60N5+. The van der Waals surface area contributed by atoms with Crippen LogP contribution in [0.1, 0.15) is 69.2 Å². The van der Waals surface area contributed by atoms with E-state index in [0.29, 0.717) is 0 Å². The molecule has 8 bridgehead atoms. The van der Waals surface area contributed by atoms with Gasteiger partial charge in [0.1, 0.15) is 5.69 Å². The van der Waals surface area contributed by atoms with Crippen LogP contribution in [0, 0.1) is 20.8 Å². The first kappa shape index (κ1) is 43.6. The van der Waals surface area contributed by atoms with Crippen LogP contribution < -0.4 is 4.48 Å². The summed E-state index contributed by atoms with van der Waals surface area (Å²) < 4.78 is 0.737. The summed E-state index contributed by atoms with van der Waals surface area (Å²) in [6, 6.07) is 43.8. The second-order valence-electron chi connectivity index (χ2n) is 15.7. The Morgan fingerprint density at radius 3 is 0.814 bits per heavy atom. The van der Waals surface area contributed by atoms with E-state index in [2.05, 4.69) is 198 Å². The van der Waals surface area contributed by atoms with Gasteiger partial charge in [0.15, 0.2) is 0 Å². The molecule has 0 saturated carbocycles. The van der Waals surface area contributed by atoms with Crippen LogP contribution in [0.4, 0.5) is 5.69 Å². The molecule has 0 radical (unpaired) electrons. The summed E-state index contributed by atoms with van der Waals surface area (Å²) in [5, 5.41) is 0. The number of hydrogen-bond acceptors (Lipinski definition) is 2. The fourth-order valence-electron chi connectivity index (χ4n) is 7.66. The standard InChI is InChI=1S/C50H44N5.4CH4/c1-31-7-13-34(14-8-31)47-39-23-25-41(51-39)48(35-15-9-32(2)10-16-35)43-27-29-45(53-43)50(37-19-21-38(22-20-37)55(4,5)6)46-30-28-44(54-46)49(42-26-24-40(47)52-42)36-17-11-33(3)12-18-36;;;;/h7-30,51,54H,1-6H3;4*1H4/q+1;;;;. The van der Waals surface area contributed by atoms with Gasteiger partial charge < -0.3 is 9.97 Å². The Labute approximate surface area is 352 Å². The van der Waals surface area contributed by atoms with Gasteiger partial charge in [0.25, 0.3) is 0 Å². The molecule has 0 spiro atoms. The van der Waals surface area contributed by atoms with Gasteiger partial charge in [0, 0.05) is 44.3 Å². The Bertz CT molecular complexity index is 2780. The topological polar surface area (TPSA) is 57.4 Å². The van der Waals surface area contributed by atoms with Crippen LogP contribution in [0.2, 0.25) is 0 Å². The molecule has 0 atom stereocenters. The van der Waals surface area contributed by atoms with E-state index in [1.807, 2.05) is 0 Å².